The number of rotatable bonds is 5. The van der Waals surface area contributed by atoms with Gasteiger partial charge < -0.3 is 14.9 Å². The lowest BCUT2D eigenvalue weighted by Crippen LogP contribution is -2.04. The minimum Gasteiger partial charge on any atom is -0.507 e. The number of fused-ring (bicyclic) bond motifs is 1. The normalized spacial score (nSPS) is 11.1. The second-order valence-corrected chi connectivity index (χ2v) is 5.27. The van der Waals surface area contributed by atoms with E-state index in [0.717, 1.165) is 0 Å². The van der Waals surface area contributed by atoms with Crippen LogP contribution >= 0.6 is 0 Å². The zero-order valence-corrected chi connectivity index (χ0v) is 13.7. The van der Waals surface area contributed by atoms with Crippen molar-refractivity contribution in [2.75, 3.05) is 7.11 Å². The molecule has 0 fully saturated rings. The van der Waals surface area contributed by atoms with E-state index in [-0.39, 0.29) is 23.4 Å². The molecule has 1 aromatic carbocycles. The first kappa shape index (κ1) is 17.1. The van der Waals surface area contributed by atoms with Gasteiger partial charge in [-0.25, -0.2) is 9.78 Å². The molecule has 0 atom stereocenters. The summed E-state index contributed by atoms with van der Waals surface area (Å²) in [7, 11) is 1.28. The summed E-state index contributed by atoms with van der Waals surface area (Å²) in [5, 5.41) is 26.7. The van der Waals surface area contributed by atoms with Crippen LogP contribution in [-0.2, 0) is 16.0 Å². The minimum atomic E-state index is -1.28. The van der Waals surface area contributed by atoms with Crippen molar-refractivity contribution in [3.05, 3.63) is 53.9 Å². The average molecular weight is 354 g/mol. The maximum absolute atomic E-state index is 11.6. The summed E-state index contributed by atoms with van der Waals surface area (Å²) in [6, 6.07) is 9.17. The third-order valence-corrected chi connectivity index (χ3v) is 3.58. The van der Waals surface area contributed by atoms with Crippen LogP contribution in [0.15, 0.2) is 52.8 Å². The number of pyridine rings is 1. The summed E-state index contributed by atoms with van der Waals surface area (Å²) in [4.78, 5) is 27.0. The molecule has 0 saturated carbocycles. The summed E-state index contributed by atoms with van der Waals surface area (Å²) in [5.41, 5.74) is 0.908. The number of azo groups is 1. The molecule has 0 aliphatic carbocycles. The molecule has 3 aromatic rings. The number of benzene rings is 1. The molecule has 2 heterocycles. The summed E-state index contributed by atoms with van der Waals surface area (Å²) in [5.74, 6) is -1.78. The van der Waals surface area contributed by atoms with Crippen LogP contribution < -0.4 is 0 Å². The standard InChI is InChI=1S/C17H14N4O5/c1-26-15(23)9-12-16(21-7-3-2-4-14(21)18-12)20-19-10-5-6-13(22)11(8-10)17(24)25/h2-8,22H,9H2,1H3,(H,24,25). The Kier molecular flexibility index (Phi) is 4.61. The van der Waals surface area contributed by atoms with Crippen LogP contribution in [0, 0.1) is 0 Å². The van der Waals surface area contributed by atoms with E-state index in [1.54, 1.807) is 28.8 Å². The lowest BCUT2D eigenvalue weighted by Gasteiger charge is -2.01. The Morgan fingerprint density at radius 1 is 1.23 bits per heavy atom. The van der Waals surface area contributed by atoms with Gasteiger partial charge in [-0.05, 0) is 30.3 Å². The summed E-state index contributed by atoms with van der Waals surface area (Å²) < 4.78 is 6.32. The molecule has 0 amide bonds. The van der Waals surface area contributed by atoms with Gasteiger partial charge in [0.15, 0.2) is 5.82 Å². The number of carbonyl (C=O) groups is 2. The first-order valence-corrected chi connectivity index (χ1v) is 7.50. The van der Waals surface area contributed by atoms with Gasteiger partial charge in [-0.1, -0.05) is 6.07 Å². The fourth-order valence-corrected chi connectivity index (χ4v) is 2.33. The number of ether oxygens (including phenoxy) is 1. The monoisotopic (exact) mass is 354 g/mol. The predicted octanol–water partition coefficient (Wildman–Crippen LogP) is 2.87. The zero-order valence-electron chi connectivity index (χ0n) is 13.7. The third kappa shape index (κ3) is 3.36. The van der Waals surface area contributed by atoms with Crippen LogP contribution in [0.3, 0.4) is 0 Å². The quantitative estimate of drug-likeness (QED) is 0.536. The second kappa shape index (κ2) is 7.01. The Hall–Kier alpha value is -3.75. The maximum atomic E-state index is 11.6. The number of carboxylic acids is 1. The van der Waals surface area contributed by atoms with Gasteiger partial charge in [0.1, 0.15) is 17.0 Å². The number of esters is 1. The molecular formula is C17H14N4O5. The molecule has 0 bridgehead atoms. The number of hydrogen-bond donors (Lipinski definition) is 2. The van der Waals surface area contributed by atoms with Crippen molar-refractivity contribution in [3.63, 3.8) is 0 Å². The number of aromatic nitrogens is 2. The van der Waals surface area contributed by atoms with Crippen LogP contribution in [0.5, 0.6) is 5.75 Å². The molecule has 26 heavy (non-hydrogen) atoms. The molecule has 0 spiro atoms. The molecule has 3 rings (SSSR count). The smallest absolute Gasteiger partial charge is 0.339 e. The number of methoxy groups -OCH3 is 1. The highest BCUT2D eigenvalue weighted by atomic mass is 16.5. The number of phenols is 1. The van der Waals surface area contributed by atoms with Gasteiger partial charge >= 0.3 is 11.9 Å². The van der Waals surface area contributed by atoms with Crippen LogP contribution in [0.1, 0.15) is 16.1 Å². The van der Waals surface area contributed by atoms with Gasteiger partial charge in [-0.15, -0.1) is 10.2 Å². The number of aromatic hydroxyl groups is 1. The third-order valence-electron chi connectivity index (χ3n) is 3.58. The van der Waals surface area contributed by atoms with Crippen molar-refractivity contribution >= 4 is 29.1 Å². The second-order valence-electron chi connectivity index (χ2n) is 5.27. The van der Waals surface area contributed by atoms with E-state index < -0.39 is 11.9 Å². The number of carbonyl (C=O) groups excluding carboxylic acids is 1. The van der Waals surface area contributed by atoms with Crippen molar-refractivity contribution in [3.8, 4) is 5.75 Å². The van der Waals surface area contributed by atoms with Gasteiger partial charge in [-0.3, -0.25) is 9.20 Å². The van der Waals surface area contributed by atoms with Crippen LogP contribution in [0.2, 0.25) is 0 Å². The fourth-order valence-electron chi connectivity index (χ4n) is 2.33. The highest BCUT2D eigenvalue weighted by molar-refractivity contribution is 5.91. The molecule has 0 unspecified atom stereocenters. The molecule has 9 heteroatoms. The highest BCUT2D eigenvalue weighted by Crippen LogP contribution is 2.27. The van der Waals surface area contributed by atoms with E-state index >= 15 is 0 Å². The number of imidazole rings is 1. The van der Waals surface area contributed by atoms with E-state index in [0.29, 0.717) is 17.2 Å². The van der Waals surface area contributed by atoms with Gasteiger partial charge in [0.05, 0.1) is 24.9 Å². The topological polar surface area (TPSA) is 126 Å². The molecule has 0 saturated heterocycles. The summed E-state index contributed by atoms with van der Waals surface area (Å²) >= 11 is 0. The van der Waals surface area contributed by atoms with Crippen molar-refractivity contribution in [1.82, 2.24) is 9.38 Å². The maximum Gasteiger partial charge on any atom is 0.339 e. The number of nitrogens with zero attached hydrogens (tertiary/aromatic N) is 4. The van der Waals surface area contributed by atoms with E-state index in [1.165, 1.54) is 25.3 Å². The first-order chi connectivity index (χ1) is 12.5. The molecule has 132 valence electrons. The molecule has 9 nitrogen and oxygen atoms in total. The largest absolute Gasteiger partial charge is 0.507 e. The molecule has 0 aliphatic heterocycles. The minimum absolute atomic E-state index is 0.0809. The highest BCUT2D eigenvalue weighted by Gasteiger charge is 2.16. The molecule has 0 radical (unpaired) electrons. The van der Waals surface area contributed by atoms with E-state index in [9.17, 15) is 14.7 Å². The lowest BCUT2D eigenvalue weighted by atomic mass is 10.2. The Morgan fingerprint density at radius 2 is 2.04 bits per heavy atom. The number of aromatic carboxylic acids is 1. The summed E-state index contributed by atoms with van der Waals surface area (Å²) in [6.45, 7) is 0. The molecular weight excluding hydrogens is 340 g/mol. The van der Waals surface area contributed by atoms with Gasteiger partial charge in [-0.2, -0.15) is 0 Å². The van der Waals surface area contributed by atoms with Crippen molar-refractivity contribution in [2.24, 2.45) is 10.2 Å². The number of hydrogen-bond acceptors (Lipinski definition) is 7. The Balaban J connectivity index is 2.03. The Labute approximate surface area is 147 Å². The molecule has 2 aromatic heterocycles. The van der Waals surface area contributed by atoms with Crippen LogP contribution in [0.25, 0.3) is 5.65 Å². The van der Waals surface area contributed by atoms with E-state index in [1.807, 2.05) is 0 Å². The van der Waals surface area contributed by atoms with Crippen molar-refractivity contribution in [2.45, 2.75) is 6.42 Å². The van der Waals surface area contributed by atoms with Gasteiger partial charge in [0.25, 0.3) is 0 Å². The first-order valence-electron chi connectivity index (χ1n) is 7.50. The fraction of sp³-hybridized carbons (Fsp3) is 0.118. The van der Waals surface area contributed by atoms with Gasteiger partial charge in [0.2, 0.25) is 0 Å². The Bertz CT molecular complexity index is 1030. The number of carboxylic acid groups (broad SMARTS) is 1. The van der Waals surface area contributed by atoms with E-state index in [2.05, 4.69) is 19.9 Å². The predicted molar refractivity (Wildman–Crippen MR) is 90.2 cm³/mol. The SMILES string of the molecule is COC(=O)Cc1nc2ccccn2c1N=Nc1ccc(O)c(C(=O)O)c1. The van der Waals surface area contributed by atoms with Crippen LogP contribution in [-0.4, -0.2) is 38.6 Å². The van der Waals surface area contributed by atoms with Gasteiger partial charge in [0, 0.05) is 6.20 Å². The Morgan fingerprint density at radius 3 is 2.77 bits per heavy atom. The molecule has 2 N–H and O–H groups in total. The van der Waals surface area contributed by atoms with Crippen molar-refractivity contribution in [1.29, 1.82) is 0 Å². The lowest BCUT2D eigenvalue weighted by molar-refractivity contribution is -0.139. The van der Waals surface area contributed by atoms with E-state index in [4.69, 9.17) is 5.11 Å². The van der Waals surface area contributed by atoms with Crippen LogP contribution in [0.4, 0.5) is 11.5 Å². The van der Waals surface area contributed by atoms with Crippen molar-refractivity contribution < 1.29 is 24.5 Å². The zero-order chi connectivity index (χ0) is 18.7. The summed E-state index contributed by atoms with van der Waals surface area (Å²) in [6.07, 6.45) is 1.64. The average Bonchev–Trinajstić information content (AvgIpc) is 2.97. The molecule has 0 aliphatic rings.